The molecule has 0 saturated carbocycles. The van der Waals surface area contributed by atoms with Crippen LogP contribution in [0.5, 0.6) is 5.88 Å². The normalized spacial score (nSPS) is 12.2. The van der Waals surface area contributed by atoms with Crippen molar-refractivity contribution in [1.82, 2.24) is 15.4 Å². The number of hydrogen-bond donors (Lipinski definition) is 2. The number of hydrogen-bond acceptors (Lipinski definition) is 5. The predicted molar refractivity (Wildman–Crippen MR) is 68.7 cm³/mol. The van der Waals surface area contributed by atoms with Crippen LogP contribution < -0.4 is 16.0 Å². The summed E-state index contributed by atoms with van der Waals surface area (Å²) >= 11 is 0. The summed E-state index contributed by atoms with van der Waals surface area (Å²) in [6.45, 7) is 0. The summed E-state index contributed by atoms with van der Waals surface area (Å²) in [6, 6.07) is 4.99. The van der Waals surface area contributed by atoms with Crippen LogP contribution in [0.1, 0.15) is 17.3 Å². The Morgan fingerprint density at radius 3 is 2.70 bits per heavy atom. The summed E-state index contributed by atoms with van der Waals surface area (Å²) in [5.74, 6) is 4.13. The molecule has 1 heterocycles. The first-order chi connectivity index (χ1) is 9.63. The van der Waals surface area contributed by atoms with Gasteiger partial charge in [-0.15, -0.1) is 0 Å². The number of benzene rings is 1. The highest BCUT2D eigenvalue weighted by Gasteiger charge is 2.14. The molecule has 0 aliphatic heterocycles. The van der Waals surface area contributed by atoms with Gasteiger partial charge < -0.3 is 4.74 Å². The number of halogens is 2. The molecular formula is C13H14F2N4O. The van der Waals surface area contributed by atoms with Gasteiger partial charge in [-0.05, 0) is 24.1 Å². The van der Waals surface area contributed by atoms with Gasteiger partial charge in [-0.2, -0.15) is 0 Å². The Labute approximate surface area is 114 Å². The van der Waals surface area contributed by atoms with E-state index in [0.29, 0.717) is 23.6 Å². The zero-order chi connectivity index (χ0) is 14.5. The summed E-state index contributed by atoms with van der Waals surface area (Å²) in [7, 11) is 1.49. The molecule has 0 fully saturated rings. The van der Waals surface area contributed by atoms with Gasteiger partial charge in [0.25, 0.3) is 0 Å². The minimum atomic E-state index is -0.890. The van der Waals surface area contributed by atoms with Crippen molar-refractivity contribution in [1.29, 1.82) is 0 Å². The molecule has 2 rings (SSSR count). The van der Waals surface area contributed by atoms with Crippen LogP contribution in [0.2, 0.25) is 0 Å². The van der Waals surface area contributed by atoms with Crippen LogP contribution in [-0.4, -0.2) is 17.1 Å². The zero-order valence-corrected chi connectivity index (χ0v) is 10.8. The summed E-state index contributed by atoms with van der Waals surface area (Å²) in [5.41, 5.74) is 3.79. The van der Waals surface area contributed by atoms with Crippen molar-refractivity contribution in [3.8, 4) is 5.88 Å². The molecule has 0 aliphatic carbocycles. The Bertz CT molecular complexity index is 594. The standard InChI is InChI=1S/C13H14F2N4O/c1-20-13-6-11(17-7-18-13)12(19-16)5-8-2-3-9(14)10(15)4-8/h2-4,6-7,12,19H,5,16H2,1H3. The molecule has 0 bridgehead atoms. The van der Waals surface area contributed by atoms with E-state index in [1.165, 1.54) is 19.5 Å². The number of methoxy groups -OCH3 is 1. The van der Waals surface area contributed by atoms with Gasteiger partial charge >= 0.3 is 0 Å². The lowest BCUT2D eigenvalue weighted by Crippen LogP contribution is -2.30. The second-order valence-electron chi connectivity index (χ2n) is 4.16. The van der Waals surface area contributed by atoms with Gasteiger partial charge in [-0.25, -0.2) is 18.7 Å². The van der Waals surface area contributed by atoms with Gasteiger partial charge in [0.1, 0.15) is 6.33 Å². The smallest absolute Gasteiger partial charge is 0.216 e. The number of aromatic nitrogens is 2. The third-order valence-corrected chi connectivity index (χ3v) is 2.85. The SMILES string of the molecule is COc1cc(C(Cc2ccc(F)c(F)c2)NN)ncn1. The largest absolute Gasteiger partial charge is 0.481 e. The maximum atomic E-state index is 13.2. The molecule has 1 unspecified atom stereocenters. The van der Waals surface area contributed by atoms with E-state index < -0.39 is 11.6 Å². The van der Waals surface area contributed by atoms with Crippen LogP contribution >= 0.6 is 0 Å². The first-order valence-electron chi connectivity index (χ1n) is 5.90. The molecule has 0 radical (unpaired) electrons. The van der Waals surface area contributed by atoms with E-state index in [0.717, 1.165) is 12.1 Å². The van der Waals surface area contributed by atoms with E-state index in [1.54, 1.807) is 6.07 Å². The fourth-order valence-corrected chi connectivity index (χ4v) is 1.81. The molecule has 1 aromatic heterocycles. The van der Waals surface area contributed by atoms with Crippen molar-refractivity contribution in [2.75, 3.05) is 7.11 Å². The van der Waals surface area contributed by atoms with Crippen LogP contribution in [0.25, 0.3) is 0 Å². The molecule has 20 heavy (non-hydrogen) atoms. The van der Waals surface area contributed by atoms with Crippen molar-refractivity contribution in [3.63, 3.8) is 0 Å². The highest BCUT2D eigenvalue weighted by Crippen LogP contribution is 2.19. The molecule has 1 atom stereocenters. The lowest BCUT2D eigenvalue weighted by molar-refractivity contribution is 0.393. The Hall–Kier alpha value is -2.12. The number of hydrazine groups is 1. The minimum Gasteiger partial charge on any atom is -0.481 e. The number of ether oxygens (including phenoxy) is 1. The van der Waals surface area contributed by atoms with Crippen LogP contribution in [0, 0.1) is 11.6 Å². The van der Waals surface area contributed by atoms with E-state index in [1.807, 2.05) is 0 Å². The fraction of sp³-hybridized carbons (Fsp3) is 0.231. The third kappa shape index (κ3) is 3.25. The summed E-state index contributed by atoms with van der Waals surface area (Å²) in [5, 5.41) is 0. The zero-order valence-electron chi connectivity index (χ0n) is 10.8. The Morgan fingerprint density at radius 2 is 2.05 bits per heavy atom. The topological polar surface area (TPSA) is 73.1 Å². The van der Waals surface area contributed by atoms with Gasteiger partial charge in [0, 0.05) is 6.07 Å². The summed E-state index contributed by atoms with van der Waals surface area (Å²) in [6.07, 6.45) is 1.71. The molecule has 0 spiro atoms. The van der Waals surface area contributed by atoms with E-state index in [-0.39, 0.29) is 6.04 Å². The first kappa shape index (κ1) is 14.3. The van der Waals surface area contributed by atoms with Gasteiger partial charge in [-0.3, -0.25) is 11.3 Å². The van der Waals surface area contributed by atoms with Crippen molar-refractivity contribution in [3.05, 3.63) is 53.5 Å². The molecule has 7 heteroatoms. The highest BCUT2D eigenvalue weighted by atomic mass is 19.2. The first-order valence-corrected chi connectivity index (χ1v) is 5.90. The van der Waals surface area contributed by atoms with Crippen molar-refractivity contribution in [2.45, 2.75) is 12.5 Å². The Kier molecular flexibility index (Phi) is 4.54. The van der Waals surface area contributed by atoms with E-state index >= 15 is 0 Å². The molecule has 2 aromatic rings. The highest BCUT2D eigenvalue weighted by molar-refractivity contribution is 5.23. The molecule has 0 aliphatic rings. The van der Waals surface area contributed by atoms with Crippen molar-refractivity contribution in [2.24, 2.45) is 5.84 Å². The van der Waals surface area contributed by atoms with Crippen molar-refractivity contribution >= 4 is 0 Å². The molecular weight excluding hydrogens is 266 g/mol. The molecule has 5 nitrogen and oxygen atoms in total. The second kappa shape index (κ2) is 6.36. The molecule has 0 saturated heterocycles. The van der Waals surface area contributed by atoms with Crippen LogP contribution in [0.4, 0.5) is 8.78 Å². The molecule has 1 aromatic carbocycles. The lowest BCUT2D eigenvalue weighted by Gasteiger charge is -2.15. The van der Waals surface area contributed by atoms with Crippen molar-refractivity contribution < 1.29 is 13.5 Å². The van der Waals surface area contributed by atoms with Crippen LogP contribution in [0.15, 0.2) is 30.6 Å². The van der Waals surface area contributed by atoms with E-state index in [2.05, 4.69) is 15.4 Å². The van der Waals surface area contributed by atoms with Gasteiger partial charge in [0.05, 0.1) is 18.8 Å². The van der Waals surface area contributed by atoms with Crippen LogP contribution in [-0.2, 0) is 6.42 Å². The number of rotatable bonds is 5. The molecule has 106 valence electrons. The Balaban J connectivity index is 2.21. The maximum Gasteiger partial charge on any atom is 0.216 e. The summed E-state index contributed by atoms with van der Waals surface area (Å²) < 4.78 is 31.1. The summed E-state index contributed by atoms with van der Waals surface area (Å²) in [4.78, 5) is 7.99. The minimum absolute atomic E-state index is 0.355. The molecule has 0 amide bonds. The third-order valence-electron chi connectivity index (χ3n) is 2.85. The van der Waals surface area contributed by atoms with Gasteiger partial charge in [0.15, 0.2) is 11.6 Å². The maximum absolute atomic E-state index is 13.2. The average Bonchev–Trinajstić information content (AvgIpc) is 2.48. The van der Waals surface area contributed by atoms with Gasteiger partial charge in [0.2, 0.25) is 5.88 Å². The van der Waals surface area contributed by atoms with E-state index in [9.17, 15) is 8.78 Å². The van der Waals surface area contributed by atoms with E-state index in [4.69, 9.17) is 10.6 Å². The monoisotopic (exact) mass is 280 g/mol. The quantitative estimate of drug-likeness (QED) is 0.641. The lowest BCUT2D eigenvalue weighted by atomic mass is 10.0. The Morgan fingerprint density at radius 1 is 1.25 bits per heavy atom. The number of nitrogens with two attached hydrogens (primary N) is 1. The predicted octanol–water partition coefficient (Wildman–Crippen LogP) is 1.51. The fourth-order valence-electron chi connectivity index (χ4n) is 1.81. The molecule has 3 N–H and O–H groups in total. The number of nitrogens with zero attached hydrogens (tertiary/aromatic N) is 2. The van der Waals surface area contributed by atoms with Crippen LogP contribution in [0.3, 0.4) is 0 Å². The average molecular weight is 280 g/mol. The number of nitrogens with one attached hydrogen (secondary N) is 1. The van der Waals surface area contributed by atoms with Gasteiger partial charge in [-0.1, -0.05) is 6.07 Å². The second-order valence-corrected chi connectivity index (χ2v) is 4.16.